The van der Waals surface area contributed by atoms with E-state index in [2.05, 4.69) is 14.7 Å². The summed E-state index contributed by atoms with van der Waals surface area (Å²) >= 11 is 0. The Balaban J connectivity index is 2.05. The quantitative estimate of drug-likeness (QED) is 0.778. The van der Waals surface area contributed by atoms with Crippen molar-refractivity contribution >= 4 is 15.9 Å². The van der Waals surface area contributed by atoms with Gasteiger partial charge in [0.2, 0.25) is 10.0 Å². The second kappa shape index (κ2) is 7.43. The van der Waals surface area contributed by atoms with Gasteiger partial charge < -0.3 is 9.88 Å². The lowest BCUT2D eigenvalue weighted by Gasteiger charge is -2.31. The number of likely N-dealkylation sites (tertiary alicyclic amines) is 1. The van der Waals surface area contributed by atoms with Gasteiger partial charge in [0.1, 0.15) is 5.69 Å². The first-order valence-corrected chi connectivity index (χ1v) is 9.90. The van der Waals surface area contributed by atoms with E-state index in [4.69, 9.17) is 0 Å². The lowest BCUT2D eigenvalue weighted by molar-refractivity contribution is 0.0704. The van der Waals surface area contributed by atoms with E-state index in [0.717, 1.165) is 6.26 Å². The Morgan fingerprint density at radius 3 is 2.58 bits per heavy atom. The summed E-state index contributed by atoms with van der Waals surface area (Å²) in [5.74, 6) is 0.0627. The summed E-state index contributed by atoms with van der Waals surface area (Å²) in [4.78, 5) is 32.3. The molecule has 1 amide bonds. The van der Waals surface area contributed by atoms with Crippen molar-refractivity contribution in [1.82, 2.24) is 19.6 Å². The van der Waals surface area contributed by atoms with Gasteiger partial charge in [0.15, 0.2) is 0 Å². The molecule has 24 heavy (non-hydrogen) atoms. The highest BCUT2D eigenvalue weighted by Crippen LogP contribution is 2.14. The van der Waals surface area contributed by atoms with Crippen LogP contribution in [0.2, 0.25) is 0 Å². The molecule has 0 aliphatic carbocycles. The highest BCUT2D eigenvalue weighted by atomic mass is 32.2. The van der Waals surface area contributed by atoms with Crippen molar-refractivity contribution in [2.75, 3.05) is 19.3 Å². The summed E-state index contributed by atoms with van der Waals surface area (Å²) in [5, 5.41) is 0. The SMILES string of the molecule is CC(C)Cc1cc(C(=O)N2CCC(NS(C)(=O)=O)CC2)nc(=O)[nH]1. The van der Waals surface area contributed by atoms with Gasteiger partial charge in [0, 0.05) is 24.8 Å². The Labute approximate surface area is 141 Å². The number of aromatic nitrogens is 2. The molecule has 0 aromatic carbocycles. The van der Waals surface area contributed by atoms with Crippen LogP contribution in [0.1, 0.15) is 42.9 Å². The van der Waals surface area contributed by atoms with E-state index in [0.29, 0.717) is 44.0 Å². The van der Waals surface area contributed by atoms with Gasteiger partial charge in [0.05, 0.1) is 6.26 Å². The fourth-order valence-corrected chi connectivity index (χ4v) is 3.67. The number of carbonyl (C=O) groups is 1. The fraction of sp³-hybridized carbons (Fsp3) is 0.667. The molecule has 0 radical (unpaired) electrons. The van der Waals surface area contributed by atoms with Gasteiger partial charge in [-0.25, -0.2) is 17.9 Å². The molecule has 8 nitrogen and oxygen atoms in total. The number of rotatable bonds is 5. The van der Waals surface area contributed by atoms with Gasteiger partial charge >= 0.3 is 5.69 Å². The van der Waals surface area contributed by atoms with Crippen LogP contribution in [0.15, 0.2) is 10.9 Å². The Bertz CT molecular complexity index is 749. The predicted octanol–water partition coefficient (Wildman–Crippen LogP) is 0.122. The standard InChI is InChI=1S/C15H24N4O4S/c1-10(2)8-12-9-13(17-15(21)16-12)14(20)19-6-4-11(5-7-19)18-24(3,22)23/h9-11,18H,4-8H2,1-3H3,(H,16,17,21). The summed E-state index contributed by atoms with van der Waals surface area (Å²) < 4.78 is 25.1. The first kappa shape index (κ1) is 18.6. The van der Waals surface area contributed by atoms with Crippen molar-refractivity contribution in [3.8, 4) is 0 Å². The average Bonchev–Trinajstić information content (AvgIpc) is 2.44. The number of amides is 1. The molecular formula is C15H24N4O4S. The van der Waals surface area contributed by atoms with Crippen molar-refractivity contribution < 1.29 is 13.2 Å². The van der Waals surface area contributed by atoms with Gasteiger partial charge in [0.25, 0.3) is 5.91 Å². The van der Waals surface area contributed by atoms with Crippen LogP contribution < -0.4 is 10.4 Å². The first-order valence-electron chi connectivity index (χ1n) is 8.01. The van der Waals surface area contributed by atoms with Crippen molar-refractivity contribution in [2.45, 2.75) is 39.2 Å². The fourth-order valence-electron chi connectivity index (χ4n) is 2.83. The Morgan fingerprint density at radius 1 is 1.42 bits per heavy atom. The highest BCUT2D eigenvalue weighted by molar-refractivity contribution is 7.88. The minimum Gasteiger partial charge on any atom is -0.337 e. The van der Waals surface area contributed by atoms with Crippen LogP contribution in [0.3, 0.4) is 0 Å². The van der Waals surface area contributed by atoms with Gasteiger partial charge in [-0.05, 0) is 31.2 Å². The minimum absolute atomic E-state index is 0.143. The van der Waals surface area contributed by atoms with Crippen molar-refractivity contribution in [1.29, 1.82) is 0 Å². The summed E-state index contributed by atoms with van der Waals surface area (Å²) in [6, 6.07) is 1.47. The van der Waals surface area contributed by atoms with Gasteiger partial charge in [-0.1, -0.05) is 13.8 Å². The van der Waals surface area contributed by atoms with Crippen LogP contribution in [0.4, 0.5) is 0 Å². The largest absolute Gasteiger partial charge is 0.345 e. The third-order valence-corrected chi connectivity index (χ3v) is 4.57. The molecule has 1 saturated heterocycles. The van der Waals surface area contributed by atoms with E-state index in [9.17, 15) is 18.0 Å². The Kier molecular flexibility index (Phi) is 5.76. The van der Waals surface area contributed by atoms with Crippen molar-refractivity contribution in [3.63, 3.8) is 0 Å². The zero-order valence-corrected chi connectivity index (χ0v) is 15.0. The maximum Gasteiger partial charge on any atom is 0.345 e. The molecule has 1 aliphatic heterocycles. The third-order valence-electron chi connectivity index (χ3n) is 3.81. The normalized spacial score (nSPS) is 16.6. The zero-order chi connectivity index (χ0) is 17.9. The molecule has 1 aromatic heterocycles. The number of H-pyrrole nitrogens is 1. The molecule has 0 unspecified atom stereocenters. The molecule has 134 valence electrons. The van der Waals surface area contributed by atoms with Gasteiger partial charge in [-0.2, -0.15) is 4.98 Å². The topological polar surface area (TPSA) is 112 Å². The van der Waals surface area contributed by atoms with Crippen molar-refractivity contribution in [2.24, 2.45) is 5.92 Å². The number of aromatic amines is 1. The number of hydrogen-bond donors (Lipinski definition) is 2. The van der Waals surface area contributed by atoms with Crippen LogP contribution in [0, 0.1) is 5.92 Å². The third kappa shape index (κ3) is 5.41. The second-order valence-electron chi connectivity index (χ2n) is 6.65. The van der Waals surface area contributed by atoms with Crippen LogP contribution in [0.25, 0.3) is 0 Å². The lowest BCUT2D eigenvalue weighted by Crippen LogP contribution is -2.46. The molecular weight excluding hydrogens is 332 g/mol. The van der Waals surface area contributed by atoms with E-state index in [-0.39, 0.29) is 17.6 Å². The van der Waals surface area contributed by atoms with E-state index < -0.39 is 15.7 Å². The Hall–Kier alpha value is -1.74. The summed E-state index contributed by atoms with van der Waals surface area (Å²) in [5.41, 5.74) is 0.316. The zero-order valence-electron chi connectivity index (χ0n) is 14.2. The van der Waals surface area contributed by atoms with Crippen LogP contribution in [-0.4, -0.2) is 54.6 Å². The summed E-state index contributed by atoms with van der Waals surface area (Å²) in [6.07, 6.45) is 2.88. The molecule has 0 atom stereocenters. The predicted molar refractivity (Wildman–Crippen MR) is 90.3 cm³/mol. The summed E-state index contributed by atoms with van der Waals surface area (Å²) in [6.45, 7) is 4.92. The first-order chi connectivity index (χ1) is 11.1. The molecule has 1 aliphatic rings. The molecule has 1 aromatic rings. The van der Waals surface area contributed by atoms with Crippen LogP contribution in [-0.2, 0) is 16.4 Å². The summed E-state index contributed by atoms with van der Waals surface area (Å²) in [7, 11) is -3.25. The number of nitrogens with zero attached hydrogens (tertiary/aromatic N) is 2. The minimum atomic E-state index is -3.25. The molecule has 1 fully saturated rings. The van der Waals surface area contributed by atoms with Gasteiger partial charge in [-0.3, -0.25) is 4.79 Å². The monoisotopic (exact) mass is 356 g/mol. The second-order valence-corrected chi connectivity index (χ2v) is 8.43. The average molecular weight is 356 g/mol. The molecule has 0 bridgehead atoms. The van der Waals surface area contributed by atoms with E-state index in [1.54, 1.807) is 11.0 Å². The van der Waals surface area contributed by atoms with E-state index >= 15 is 0 Å². The van der Waals surface area contributed by atoms with Gasteiger partial charge in [-0.15, -0.1) is 0 Å². The molecule has 2 rings (SSSR count). The number of carbonyl (C=O) groups excluding carboxylic acids is 1. The molecule has 9 heteroatoms. The van der Waals surface area contributed by atoms with Crippen LogP contribution in [0.5, 0.6) is 0 Å². The lowest BCUT2D eigenvalue weighted by atomic mass is 10.0. The highest BCUT2D eigenvalue weighted by Gasteiger charge is 2.26. The van der Waals surface area contributed by atoms with E-state index in [1.165, 1.54) is 0 Å². The molecule has 2 heterocycles. The maximum absolute atomic E-state index is 12.6. The van der Waals surface area contributed by atoms with Crippen LogP contribution >= 0.6 is 0 Å². The molecule has 0 saturated carbocycles. The maximum atomic E-state index is 12.6. The number of hydrogen-bond acceptors (Lipinski definition) is 5. The number of piperidine rings is 1. The number of nitrogens with one attached hydrogen (secondary N) is 2. The van der Waals surface area contributed by atoms with E-state index in [1.807, 2.05) is 13.8 Å². The molecule has 0 spiro atoms. The smallest absolute Gasteiger partial charge is 0.337 e. The number of sulfonamides is 1. The van der Waals surface area contributed by atoms with Crippen molar-refractivity contribution in [3.05, 3.63) is 27.9 Å². The Morgan fingerprint density at radius 2 is 2.04 bits per heavy atom. The molecule has 2 N–H and O–H groups in total.